The zero-order valence-corrected chi connectivity index (χ0v) is 15.3. The molecule has 1 fully saturated rings. The third-order valence-electron chi connectivity index (χ3n) is 4.63. The Labute approximate surface area is 148 Å². The number of sulfonamides is 1. The highest BCUT2D eigenvalue weighted by Crippen LogP contribution is 2.34. The minimum atomic E-state index is -3.77. The van der Waals surface area contributed by atoms with Crippen LogP contribution in [0.4, 0.5) is 0 Å². The van der Waals surface area contributed by atoms with E-state index < -0.39 is 16.1 Å². The van der Waals surface area contributed by atoms with Crippen molar-refractivity contribution in [3.05, 3.63) is 18.2 Å². The summed E-state index contributed by atoms with van der Waals surface area (Å²) in [5.74, 6) is 0.734. The Balaban J connectivity index is 1.84. The Morgan fingerprint density at radius 2 is 2.04 bits per heavy atom. The summed E-state index contributed by atoms with van der Waals surface area (Å²) in [6.45, 7) is 5.06. The van der Waals surface area contributed by atoms with Crippen LogP contribution < -0.4 is 14.8 Å². The number of amides is 1. The lowest BCUT2D eigenvalue weighted by Crippen LogP contribution is -2.48. The van der Waals surface area contributed by atoms with Crippen LogP contribution in [0.25, 0.3) is 0 Å². The molecule has 0 saturated carbocycles. The highest BCUT2D eigenvalue weighted by molar-refractivity contribution is 7.89. The van der Waals surface area contributed by atoms with Gasteiger partial charge in [-0.2, -0.15) is 4.31 Å². The van der Waals surface area contributed by atoms with Crippen molar-refractivity contribution in [2.24, 2.45) is 0 Å². The summed E-state index contributed by atoms with van der Waals surface area (Å²) in [5.41, 5.74) is 0. The Bertz CT molecular complexity index is 749. The van der Waals surface area contributed by atoms with Gasteiger partial charge in [-0.3, -0.25) is 4.79 Å². The van der Waals surface area contributed by atoms with Gasteiger partial charge >= 0.3 is 0 Å². The van der Waals surface area contributed by atoms with Gasteiger partial charge in [0.2, 0.25) is 15.9 Å². The number of hydrogen-bond acceptors (Lipinski definition) is 5. The number of carbonyl (C=O) groups excluding carboxylic acids is 1. The van der Waals surface area contributed by atoms with Crippen LogP contribution in [-0.2, 0) is 14.8 Å². The Morgan fingerprint density at radius 1 is 1.32 bits per heavy atom. The number of rotatable bonds is 5. The van der Waals surface area contributed by atoms with Gasteiger partial charge in [-0.25, -0.2) is 8.42 Å². The van der Waals surface area contributed by atoms with Gasteiger partial charge in [-0.1, -0.05) is 6.92 Å². The molecule has 1 aromatic carbocycles. The summed E-state index contributed by atoms with van der Waals surface area (Å²) in [6, 6.07) is 3.95. The summed E-state index contributed by atoms with van der Waals surface area (Å²) in [5, 5.41) is 2.89. The van der Waals surface area contributed by atoms with E-state index in [0.29, 0.717) is 44.1 Å². The van der Waals surface area contributed by atoms with Crippen molar-refractivity contribution in [2.45, 2.75) is 50.1 Å². The molecule has 2 aliphatic heterocycles. The van der Waals surface area contributed by atoms with E-state index in [1.165, 1.54) is 16.4 Å². The van der Waals surface area contributed by atoms with Crippen molar-refractivity contribution >= 4 is 15.9 Å². The molecule has 25 heavy (non-hydrogen) atoms. The number of benzene rings is 1. The number of hydrogen-bond donors (Lipinski definition) is 1. The van der Waals surface area contributed by atoms with Gasteiger partial charge < -0.3 is 14.8 Å². The molecule has 0 radical (unpaired) electrons. The predicted molar refractivity (Wildman–Crippen MR) is 92.2 cm³/mol. The first-order chi connectivity index (χ1) is 11.9. The van der Waals surface area contributed by atoms with E-state index in [0.717, 1.165) is 6.42 Å². The average Bonchev–Trinajstić information content (AvgIpc) is 3.12. The van der Waals surface area contributed by atoms with E-state index in [4.69, 9.17) is 9.47 Å². The van der Waals surface area contributed by atoms with Crippen LogP contribution in [0.1, 0.15) is 33.1 Å². The first-order valence-corrected chi connectivity index (χ1v) is 10.1. The molecule has 7 nitrogen and oxygen atoms in total. The number of ether oxygens (including phenoxy) is 2. The van der Waals surface area contributed by atoms with Crippen molar-refractivity contribution in [1.29, 1.82) is 0 Å². The fourth-order valence-corrected chi connectivity index (χ4v) is 4.72. The topological polar surface area (TPSA) is 84.9 Å². The smallest absolute Gasteiger partial charge is 0.243 e. The van der Waals surface area contributed by atoms with Gasteiger partial charge in [0, 0.05) is 18.7 Å². The number of nitrogens with zero attached hydrogens (tertiary/aromatic N) is 1. The average molecular weight is 368 g/mol. The molecule has 0 spiro atoms. The van der Waals surface area contributed by atoms with E-state index in [2.05, 4.69) is 5.32 Å². The van der Waals surface area contributed by atoms with Crippen molar-refractivity contribution in [2.75, 3.05) is 19.8 Å². The van der Waals surface area contributed by atoms with Crippen LogP contribution in [0.2, 0.25) is 0 Å². The van der Waals surface area contributed by atoms with E-state index in [9.17, 15) is 13.2 Å². The number of fused-ring (bicyclic) bond motifs is 1. The Kier molecular flexibility index (Phi) is 5.19. The zero-order valence-electron chi connectivity index (χ0n) is 14.5. The van der Waals surface area contributed by atoms with Crippen molar-refractivity contribution in [1.82, 2.24) is 9.62 Å². The minimum Gasteiger partial charge on any atom is -0.486 e. The SMILES string of the molecule is CC[C@H](C)NC(=O)[C@@H]1CCCN1S(=O)(=O)c1ccc2c(c1)OCCO2. The standard InChI is InChI=1S/C17H24N2O5S/c1-3-12(2)18-17(20)14-5-4-8-19(14)25(21,22)13-6-7-15-16(11-13)24-10-9-23-15/h6-7,11-12,14H,3-5,8-10H2,1-2H3,(H,18,20)/t12-,14-/m0/s1. The van der Waals surface area contributed by atoms with Gasteiger partial charge in [0.05, 0.1) is 4.90 Å². The van der Waals surface area contributed by atoms with E-state index in [-0.39, 0.29) is 16.8 Å². The second-order valence-corrected chi connectivity index (χ2v) is 8.29. The van der Waals surface area contributed by atoms with E-state index >= 15 is 0 Å². The normalized spacial score (nSPS) is 21.8. The van der Waals surface area contributed by atoms with E-state index in [1.807, 2.05) is 13.8 Å². The third kappa shape index (κ3) is 3.59. The Hall–Kier alpha value is -1.80. The molecular weight excluding hydrogens is 344 g/mol. The molecule has 138 valence electrons. The molecule has 0 aromatic heterocycles. The molecule has 0 unspecified atom stereocenters. The van der Waals surface area contributed by atoms with Crippen LogP contribution in [0.15, 0.2) is 23.1 Å². The summed E-state index contributed by atoms with van der Waals surface area (Å²) in [6.07, 6.45) is 2.00. The maximum atomic E-state index is 13.0. The van der Waals surface area contributed by atoms with Gasteiger partial charge in [0.25, 0.3) is 0 Å². The molecule has 1 saturated heterocycles. The van der Waals surface area contributed by atoms with Crippen LogP contribution >= 0.6 is 0 Å². The lowest BCUT2D eigenvalue weighted by atomic mass is 10.2. The van der Waals surface area contributed by atoms with Gasteiger partial charge in [-0.15, -0.1) is 0 Å². The molecule has 2 heterocycles. The van der Waals surface area contributed by atoms with E-state index in [1.54, 1.807) is 6.07 Å². The van der Waals surface area contributed by atoms with Crippen LogP contribution in [0.3, 0.4) is 0 Å². The second kappa shape index (κ2) is 7.21. The summed E-state index contributed by atoms with van der Waals surface area (Å²) >= 11 is 0. The minimum absolute atomic E-state index is 0.0203. The molecule has 2 aliphatic rings. The maximum absolute atomic E-state index is 13.0. The molecule has 1 amide bonds. The lowest BCUT2D eigenvalue weighted by Gasteiger charge is -2.25. The van der Waals surface area contributed by atoms with Crippen molar-refractivity contribution in [3.63, 3.8) is 0 Å². The molecule has 0 bridgehead atoms. The summed E-state index contributed by atoms with van der Waals surface area (Å²) < 4.78 is 38.3. The van der Waals surface area contributed by atoms with Gasteiger partial charge in [0.1, 0.15) is 19.3 Å². The van der Waals surface area contributed by atoms with Crippen molar-refractivity contribution < 1.29 is 22.7 Å². The summed E-state index contributed by atoms with van der Waals surface area (Å²) in [4.78, 5) is 12.6. The van der Waals surface area contributed by atoms with Crippen LogP contribution in [0, 0.1) is 0 Å². The fourth-order valence-electron chi connectivity index (χ4n) is 3.05. The predicted octanol–water partition coefficient (Wildman–Crippen LogP) is 1.53. The number of carbonyl (C=O) groups is 1. The van der Waals surface area contributed by atoms with Crippen molar-refractivity contribution in [3.8, 4) is 11.5 Å². The molecule has 3 rings (SSSR count). The molecule has 1 N–H and O–H groups in total. The summed E-state index contributed by atoms with van der Waals surface area (Å²) in [7, 11) is -3.77. The highest BCUT2D eigenvalue weighted by Gasteiger charge is 2.40. The fraction of sp³-hybridized carbons (Fsp3) is 0.588. The molecular formula is C17H24N2O5S. The Morgan fingerprint density at radius 3 is 2.76 bits per heavy atom. The highest BCUT2D eigenvalue weighted by atomic mass is 32.2. The monoisotopic (exact) mass is 368 g/mol. The second-order valence-electron chi connectivity index (χ2n) is 6.40. The molecule has 0 aliphatic carbocycles. The van der Waals surface area contributed by atoms with Crippen LogP contribution in [-0.4, -0.2) is 50.5 Å². The van der Waals surface area contributed by atoms with Gasteiger partial charge in [0.15, 0.2) is 11.5 Å². The number of nitrogens with one attached hydrogen (secondary N) is 1. The zero-order chi connectivity index (χ0) is 18.0. The molecule has 8 heteroatoms. The van der Waals surface area contributed by atoms with Crippen LogP contribution in [0.5, 0.6) is 11.5 Å². The molecule has 2 atom stereocenters. The maximum Gasteiger partial charge on any atom is 0.243 e. The first kappa shape index (κ1) is 18.0. The largest absolute Gasteiger partial charge is 0.486 e. The first-order valence-electron chi connectivity index (χ1n) is 8.65. The molecule has 1 aromatic rings. The lowest BCUT2D eigenvalue weighted by molar-refractivity contribution is -0.124. The quantitative estimate of drug-likeness (QED) is 0.852. The van der Waals surface area contributed by atoms with Gasteiger partial charge in [-0.05, 0) is 38.3 Å². The third-order valence-corrected chi connectivity index (χ3v) is 6.53.